The van der Waals surface area contributed by atoms with Crippen LogP contribution in [0.2, 0.25) is 0 Å². The van der Waals surface area contributed by atoms with Gasteiger partial charge in [-0.15, -0.1) is 0 Å². The number of hydrogen-bond donors (Lipinski definition) is 2. The van der Waals surface area contributed by atoms with Crippen LogP contribution in [0.15, 0.2) is 73.1 Å². The van der Waals surface area contributed by atoms with E-state index in [1.807, 2.05) is 61.7 Å². The van der Waals surface area contributed by atoms with E-state index in [0.29, 0.717) is 35.3 Å². The van der Waals surface area contributed by atoms with Gasteiger partial charge in [-0.2, -0.15) is 5.10 Å². The van der Waals surface area contributed by atoms with E-state index in [9.17, 15) is 4.79 Å². The van der Waals surface area contributed by atoms with Crippen LogP contribution < -0.4 is 15.4 Å². The predicted octanol–water partition coefficient (Wildman–Crippen LogP) is 5.15. The van der Waals surface area contributed by atoms with Crippen LogP contribution in [0.5, 0.6) is 5.75 Å². The number of unbranched alkanes of at least 4 members (excludes halogenated alkanes) is 1. The zero-order valence-electron chi connectivity index (χ0n) is 18.7. The molecule has 0 aliphatic rings. The maximum absolute atomic E-state index is 12.6. The molecule has 0 radical (unpaired) electrons. The zero-order chi connectivity index (χ0) is 23.0. The van der Waals surface area contributed by atoms with Crippen molar-refractivity contribution in [3.05, 3.63) is 84.4 Å². The number of aromatic nitrogens is 4. The van der Waals surface area contributed by atoms with Crippen molar-refractivity contribution in [3.63, 3.8) is 0 Å². The smallest absolute Gasteiger partial charge is 0.255 e. The first-order chi connectivity index (χ1) is 16.1. The van der Waals surface area contributed by atoms with E-state index >= 15 is 0 Å². The van der Waals surface area contributed by atoms with E-state index in [1.165, 1.54) is 0 Å². The molecule has 0 unspecified atom stereocenters. The topological polar surface area (TPSA) is 94.0 Å². The van der Waals surface area contributed by atoms with Gasteiger partial charge in [0.05, 0.1) is 6.61 Å². The maximum Gasteiger partial charge on any atom is 0.255 e. The van der Waals surface area contributed by atoms with Gasteiger partial charge in [-0.1, -0.05) is 13.3 Å². The van der Waals surface area contributed by atoms with Crippen molar-refractivity contribution in [2.24, 2.45) is 0 Å². The molecule has 0 saturated heterocycles. The zero-order valence-corrected chi connectivity index (χ0v) is 18.7. The third-order valence-corrected chi connectivity index (χ3v) is 4.86. The first-order valence-electron chi connectivity index (χ1n) is 10.9. The van der Waals surface area contributed by atoms with Crippen molar-refractivity contribution in [1.29, 1.82) is 0 Å². The summed E-state index contributed by atoms with van der Waals surface area (Å²) in [4.78, 5) is 21.4. The van der Waals surface area contributed by atoms with E-state index in [2.05, 4.69) is 32.6 Å². The quantitative estimate of drug-likeness (QED) is 0.348. The molecule has 168 valence electrons. The summed E-state index contributed by atoms with van der Waals surface area (Å²) in [6, 6.07) is 18.3. The molecule has 4 aromatic rings. The summed E-state index contributed by atoms with van der Waals surface area (Å²) in [6.07, 6.45) is 5.62. The summed E-state index contributed by atoms with van der Waals surface area (Å²) >= 11 is 0. The Labute approximate surface area is 192 Å². The average Bonchev–Trinajstić information content (AvgIpc) is 3.36. The number of nitrogens with one attached hydrogen (secondary N) is 2. The van der Waals surface area contributed by atoms with Gasteiger partial charge in [0.15, 0.2) is 5.82 Å². The summed E-state index contributed by atoms with van der Waals surface area (Å²) in [7, 11) is 0. The van der Waals surface area contributed by atoms with Gasteiger partial charge in [-0.25, -0.2) is 14.6 Å². The molecule has 2 N–H and O–H groups in total. The highest BCUT2D eigenvalue weighted by Gasteiger charge is 2.08. The monoisotopic (exact) mass is 442 g/mol. The number of hydrogen-bond acceptors (Lipinski definition) is 6. The maximum atomic E-state index is 12.6. The van der Waals surface area contributed by atoms with Crippen molar-refractivity contribution < 1.29 is 9.53 Å². The number of benzene rings is 2. The Hall–Kier alpha value is -4.20. The summed E-state index contributed by atoms with van der Waals surface area (Å²) in [5, 5.41) is 10.4. The number of ether oxygens (including phenoxy) is 1. The Morgan fingerprint density at radius 2 is 1.79 bits per heavy atom. The standard InChI is InChI=1S/C25H26N6O2/c1-3-4-16-33-22-12-6-19(7-13-22)25(32)30-21-10-8-20(9-11-21)29-23-17-24(28-18(2)27-23)31-15-5-14-26-31/h5-15,17H,3-4,16H2,1-2H3,(H,30,32)(H,27,28,29). The molecule has 0 aliphatic carbocycles. The minimum Gasteiger partial charge on any atom is -0.494 e. The van der Waals surface area contributed by atoms with Crippen molar-refractivity contribution in [2.75, 3.05) is 17.2 Å². The average molecular weight is 443 g/mol. The molecule has 0 spiro atoms. The lowest BCUT2D eigenvalue weighted by atomic mass is 10.2. The van der Waals surface area contributed by atoms with Gasteiger partial charge in [-0.05, 0) is 67.9 Å². The number of anilines is 3. The van der Waals surface area contributed by atoms with Crippen LogP contribution in [-0.4, -0.2) is 32.3 Å². The van der Waals surface area contributed by atoms with Crippen molar-refractivity contribution in [2.45, 2.75) is 26.7 Å². The fourth-order valence-corrected chi connectivity index (χ4v) is 3.16. The summed E-state index contributed by atoms with van der Waals surface area (Å²) in [5.74, 6) is 2.57. The molecule has 8 nitrogen and oxygen atoms in total. The highest BCUT2D eigenvalue weighted by Crippen LogP contribution is 2.20. The van der Waals surface area contributed by atoms with E-state index in [1.54, 1.807) is 23.0 Å². The van der Waals surface area contributed by atoms with Crippen molar-refractivity contribution in [3.8, 4) is 11.6 Å². The highest BCUT2D eigenvalue weighted by molar-refractivity contribution is 6.04. The van der Waals surface area contributed by atoms with Crippen molar-refractivity contribution >= 4 is 23.1 Å². The second-order valence-corrected chi connectivity index (χ2v) is 7.49. The van der Waals surface area contributed by atoms with E-state index in [4.69, 9.17) is 4.74 Å². The number of aryl methyl sites for hydroxylation is 1. The van der Waals surface area contributed by atoms with E-state index in [-0.39, 0.29) is 5.91 Å². The van der Waals surface area contributed by atoms with Gasteiger partial charge in [0, 0.05) is 35.4 Å². The van der Waals surface area contributed by atoms with Crippen molar-refractivity contribution in [1.82, 2.24) is 19.7 Å². The molecule has 0 atom stereocenters. The van der Waals surface area contributed by atoms with Crippen LogP contribution in [-0.2, 0) is 0 Å². The number of rotatable bonds is 9. The largest absolute Gasteiger partial charge is 0.494 e. The molecule has 2 aromatic heterocycles. The lowest BCUT2D eigenvalue weighted by molar-refractivity contribution is 0.102. The Morgan fingerprint density at radius 3 is 2.48 bits per heavy atom. The van der Waals surface area contributed by atoms with Gasteiger partial charge in [0.1, 0.15) is 17.4 Å². The van der Waals surface area contributed by atoms with Crippen LogP contribution >= 0.6 is 0 Å². The SMILES string of the molecule is CCCCOc1ccc(C(=O)Nc2ccc(Nc3cc(-n4cccn4)nc(C)n3)cc2)cc1. The Morgan fingerprint density at radius 1 is 1.03 bits per heavy atom. The summed E-state index contributed by atoms with van der Waals surface area (Å²) < 4.78 is 7.33. The number of carbonyl (C=O) groups excluding carboxylic acids is 1. The normalized spacial score (nSPS) is 10.6. The second-order valence-electron chi connectivity index (χ2n) is 7.49. The molecule has 0 fully saturated rings. The van der Waals surface area contributed by atoms with Crippen LogP contribution in [0.4, 0.5) is 17.2 Å². The van der Waals surface area contributed by atoms with E-state index < -0.39 is 0 Å². The molecule has 0 saturated carbocycles. The third-order valence-electron chi connectivity index (χ3n) is 4.86. The molecule has 2 heterocycles. The predicted molar refractivity (Wildman–Crippen MR) is 128 cm³/mol. The molecule has 0 bridgehead atoms. The minimum atomic E-state index is -0.175. The highest BCUT2D eigenvalue weighted by atomic mass is 16.5. The first-order valence-corrected chi connectivity index (χ1v) is 10.9. The van der Waals surface area contributed by atoms with Gasteiger partial charge >= 0.3 is 0 Å². The summed E-state index contributed by atoms with van der Waals surface area (Å²) in [6.45, 7) is 4.64. The molecule has 33 heavy (non-hydrogen) atoms. The molecule has 0 aliphatic heterocycles. The van der Waals surface area contributed by atoms with Crippen LogP contribution in [0.3, 0.4) is 0 Å². The number of carbonyl (C=O) groups is 1. The van der Waals surface area contributed by atoms with Gasteiger partial charge in [-0.3, -0.25) is 4.79 Å². The van der Waals surface area contributed by atoms with Crippen LogP contribution in [0, 0.1) is 6.92 Å². The molecular weight excluding hydrogens is 416 g/mol. The Kier molecular flexibility index (Phi) is 6.94. The lowest BCUT2D eigenvalue weighted by Gasteiger charge is -2.10. The second kappa shape index (κ2) is 10.4. The molecular formula is C25H26N6O2. The van der Waals surface area contributed by atoms with Crippen LogP contribution in [0.1, 0.15) is 35.9 Å². The Balaban J connectivity index is 1.37. The fraction of sp³-hybridized carbons (Fsp3) is 0.200. The van der Waals surface area contributed by atoms with E-state index in [0.717, 1.165) is 24.3 Å². The third kappa shape index (κ3) is 5.94. The fourth-order valence-electron chi connectivity index (χ4n) is 3.16. The molecule has 8 heteroatoms. The minimum absolute atomic E-state index is 0.175. The van der Waals surface area contributed by atoms with Gasteiger partial charge in [0.25, 0.3) is 5.91 Å². The molecule has 1 amide bonds. The number of amides is 1. The Bertz CT molecular complexity index is 1190. The first kappa shape index (κ1) is 22.0. The van der Waals surface area contributed by atoms with Crippen LogP contribution in [0.25, 0.3) is 5.82 Å². The van der Waals surface area contributed by atoms with Gasteiger partial charge in [0.2, 0.25) is 0 Å². The van der Waals surface area contributed by atoms with Gasteiger partial charge < -0.3 is 15.4 Å². The lowest BCUT2D eigenvalue weighted by Crippen LogP contribution is -2.11. The number of nitrogens with zero attached hydrogens (tertiary/aromatic N) is 4. The molecule has 2 aromatic carbocycles. The summed E-state index contributed by atoms with van der Waals surface area (Å²) in [5.41, 5.74) is 2.11. The molecule has 4 rings (SSSR count).